The van der Waals surface area contributed by atoms with Crippen molar-refractivity contribution >= 4 is 51.8 Å². The molecule has 0 amide bonds. The van der Waals surface area contributed by atoms with Gasteiger partial charge in [-0.3, -0.25) is 0 Å². The first-order valence-corrected chi connectivity index (χ1v) is 6.93. The Hall–Kier alpha value is -2.24. The Morgan fingerprint density at radius 1 is 1.00 bits per heavy atom. The van der Waals surface area contributed by atoms with Gasteiger partial charge in [0.25, 0.3) is 0 Å². The number of nitrogens with one attached hydrogen (secondary N) is 1. The molecule has 4 aromatic rings. The largest absolute Gasteiger partial charge is 0.422 e. The van der Waals surface area contributed by atoms with Crippen molar-refractivity contribution in [3.05, 3.63) is 52.5 Å². The smallest absolute Gasteiger partial charge is 0.329 e. The van der Waals surface area contributed by atoms with E-state index in [1.807, 2.05) is 30.3 Å². The van der Waals surface area contributed by atoms with Crippen molar-refractivity contribution in [3.63, 3.8) is 0 Å². The molecule has 0 aliphatic rings. The first-order chi connectivity index (χ1) is 10.2. The molecule has 4 rings (SSSR count). The molecule has 2 heterocycles. The molecule has 0 saturated heterocycles. The normalized spacial score (nSPS) is 11.3. The molecule has 104 valence electrons. The van der Waals surface area contributed by atoms with E-state index in [0.717, 1.165) is 16.8 Å². The van der Waals surface area contributed by atoms with Crippen LogP contribution in [0, 0.1) is 0 Å². The molecule has 0 aliphatic heterocycles. The van der Waals surface area contributed by atoms with Crippen LogP contribution in [0.15, 0.2) is 46.9 Å². The van der Waals surface area contributed by atoms with E-state index in [-0.39, 0.29) is 0 Å². The predicted octanol–water partition coefficient (Wildman–Crippen LogP) is 4.53. The lowest BCUT2D eigenvalue weighted by molar-refractivity contribution is 0.637. The fraction of sp³-hybridized carbons (Fsp3) is 0. The lowest BCUT2D eigenvalue weighted by atomic mass is 10.3. The van der Waals surface area contributed by atoms with Crippen molar-refractivity contribution in [3.8, 4) is 0 Å². The van der Waals surface area contributed by atoms with E-state index in [0.29, 0.717) is 21.8 Å². The number of nitrogens with zero attached hydrogens (tertiary/aromatic N) is 3. The molecule has 0 radical (unpaired) electrons. The summed E-state index contributed by atoms with van der Waals surface area (Å²) in [7, 11) is 0. The fourth-order valence-corrected chi connectivity index (χ4v) is 2.46. The van der Waals surface area contributed by atoms with Crippen molar-refractivity contribution in [1.29, 1.82) is 0 Å². The van der Waals surface area contributed by atoms with E-state index in [1.54, 1.807) is 16.5 Å². The Balaban J connectivity index is 1.84. The van der Waals surface area contributed by atoms with Crippen molar-refractivity contribution in [2.75, 3.05) is 5.32 Å². The SMILES string of the molecule is Clc1ccc(Nc2nnc3oc4ccccc4n23)cc1Cl. The summed E-state index contributed by atoms with van der Waals surface area (Å²) in [5.74, 6) is 0.979. The number of rotatable bonds is 2. The van der Waals surface area contributed by atoms with E-state index < -0.39 is 0 Å². The molecule has 0 saturated carbocycles. The average molecular weight is 319 g/mol. The van der Waals surface area contributed by atoms with E-state index in [4.69, 9.17) is 27.6 Å². The quantitative estimate of drug-likeness (QED) is 0.590. The first-order valence-electron chi connectivity index (χ1n) is 6.17. The number of hydrogen-bond donors (Lipinski definition) is 1. The van der Waals surface area contributed by atoms with Gasteiger partial charge in [0.2, 0.25) is 5.95 Å². The minimum Gasteiger partial charge on any atom is -0.422 e. The second kappa shape index (κ2) is 4.65. The van der Waals surface area contributed by atoms with Gasteiger partial charge in [-0.25, -0.2) is 4.40 Å². The Morgan fingerprint density at radius 2 is 1.86 bits per heavy atom. The number of fused-ring (bicyclic) bond motifs is 3. The van der Waals surface area contributed by atoms with Gasteiger partial charge in [-0.15, -0.1) is 5.10 Å². The maximum absolute atomic E-state index is 6.01. The van der Waals surface area contributed by atoms with Crippen LogP contribution in [0.5, 0.6) is 0 Å². The van der Waals surface area contributed by atoms with Crippen LogP contribution in [0.4, 0.5) is 11.6 Å². The number of aromatic nitrogens is 3. The second-order valence-electron chi connectivity index (χ2n) is 4.47. The monoisotopic (exact) mass is 318 g/mol. The number of benzene rings is 2. The van der Waals surface area contributed by atoms with Gasteiger partial charge in [-0.05, 0) is 30.3 Å². The van der Waals surface area contributed by atoms with Gasteiger partial charge in [0.1, 0.15) is 0 Å². The fourth-order valence-electron chi connectivity index (χ4n) is 2.16. The Morgan fingerprint density at radius 3 is 2.71 bits per heavy atom. The van der Waals surface area contributed by atoms with Gasteiger partial charge >= 0.3 is 5.84 Å². The first kappa shape index (κ1) is 12.5. The van der Waals surface area contributed by atoms with Gasteiger partial charge in [-0.2, -0.15) is 0 Å². The summed E-state index contributed by atoms with van der Waals surface area (Å²) in [6.07, 6.45) is 0. The Kier molecular flexibility index (Phi) is 2.77. The highest BCUT2D eigenvalue weighted by molar-refractivity contribution is 6.42. The highest BCUT2D eigenvalue weighted by atomic mass is 35.5. The molecule has 0 unspecified atom stereocenters. The molecule has 21 heavy (non-hydrogen) atoms. The number of halogens is 2. The summed E-state index contributed by atoms with van der Waals surface area (Å²) in [6.45, 7) is 0. The van der Waals surface area contributed by atoms with Gasteiger partial charge in [0.15, 0.2) is 5.58 Å². The number of para-hydroxylation sites is 2. The van der Waals surface area contributed by atoms with Crippen LogP contribution in [0.1, 0.15) is 0 Å². The van der Waals surface area contributed by atoms with Crippen molar-refractivity contribution < 1.29 is 4.42 Å². The molecule has 0 aliphatic carbocycles. The summed E-state index contributed by atoms with van der Waals surface area (Å²) in [5.41, 5.74) is 2.41. The minimum absolute atomic E-state index is 0.429. The van der Waals surface area contributed by atoms with E-state index in [1.165, 1.54) is 0 Å². The standard InChI is InChI=1S/C14H8Cl2N4O/c15-9-6-5-8(7-10(9)16)17-13-18-19-14-20(13)11-3-1-2-4-12(11)21-14/h1-7H,(H,17,18). The van der Waals surface area contributed by atoms with Crippen molar-refractivity contribution in [2.45, 2.75) is 0 Å². The third-order valence-electron chi connectivity index (χ3n) is 3.12. The Bertz CT molecular complexity index is 960. The van der Waals surface area contributed by atoms with Gasteiger partial charge in [0, 0.05) is 5.69 Å². The van der Waals surface area contributed by atoms with Gasteiger partial charge in [-0.1, -0.05) is 40.4 Å². The van der Waals surface area contributed by atoms with Crippen LogP contribution in [0.3, 0.4) is 0 Å². The van der Waals surface area contributed by atoms with Crippen LogP contribution >= 0.6 is 23.2 Å². The lowest BCUT2D eigenvalue weighted by Gasteiger charge is -2.04. The summed E-state index contributed by atoms with van der Waals surface area (Å²) in [6, 6.07) is 12.9. The highest BCUT2D eigenvalue weighted by Gasteiger charge is 2.13. The molecular formula is C14H8Cl2N4O. The molecule has 0 atom stereocenters. The molecule has 2 aromatic heterocycles. The van der Waals surface area contributed by atoms with E-state index in [9.17, 15) is 0 Å². The highest BCUT2D eigenvalue weighted by Crippen LogP contribution is 2.28. The Labute approximate surface area is 129 Å². The molecule has 5 nitrogen and oxygen atoms in total. The van der Waals surface area contributed by atoms with Crippen LogP contribution in [-0.4, -0.2) is 14.6 Å². The third kappa shape index (κ3) is 2.02. The van der Waals surface area contributed by atoms with E-state index in [2.05, 4.69) is 15.5 Å². The molecule has 2 aromatic carbocycles. The zero-order chi connectivity index (χ0) is 14.4. The van der Waals surface area contributed by atoms with Crippen molar-refractivity contribution in [1.82, 2.24) is 14.6 Å². The summed E-state index contributed by atoms with van der Waals surface area (Å²) < 4.78 is 7.42. The van der Waals surface area contributed by atoms with Crippen molar-refractivity contribution in [2.24, 2.45) is 0 Å². The molecule has 0 spiro atoms. The zero-order valence-corrected chi connectivity index (χ0v) is 12.1. The number of anilines is 2. The van der Waals surface area contributed by atoms with E-state index >= 15 is 0 Å². The van der Waals surface area contributed by atoms with Crippen LogP contribution in [0.25, 0.3) is 16.9 Å². The second-order valence-corrected chi connectivity index (χ2v) is 5.28. The molecule has 0 fully saturated rings. The molecule has 7 heteroatoms. The summed E-state index contributed by atoms with van der Waals surface area (Å²) >= 11 is 11.9. The predicted molar refractivity (Wildman–Crippen MR) is 82.5 cm³/mol. The topological polar surface area (TPSA) is 55.4 Å². The summed E-state index contributed by atoms with van der Waals surface area (Å²) in [4.78, 5) is 0. The molecular weight excluding hydrogens is 311 g/mol. The molecule has 1 N–H and O–H groups in total. The zero-order valence-electron chi connectivity index (χ0n) is 10.5. The maximum Gasteiger partial charge on any atom is 0.329 e. The number of oxazole rings is 1. The maximum atomic E-state index is 6.01. The average Bonchev–Trinajstić information content (AvgIpc) is 3.03. The minimum atomic E-state index is 0.429. The van der Waals surface area contributed by atoms with Gasteiger partial charge < -0.3 is 9.73 Å². The molecule has 0 bridgehead atoms. The summed E-state index contributed by atoms with van der Waals surface area (Å²) in [5, 5.41) is 12.2. The van der Waals surface area contributed by atoms with Crippen LogP contribution in [0.2, 0.25) is 10.0 Å². The third-order valence-corrected chi connectivity index (χ3v) is 3.86. The number of hydrogen-bond acceptors (Lipinski definition) is 4. The van der Waals surface area contributed by atoms with Crippen LogP contribution in [-0.2, 0) is 0 Å². The lowest BCUT2D eigenvalue weighted by Crippen LogP contribution is -1.96. The van der Waals surface area contributed by atoms with Gasteiger partial charge in [0.05, 0.1) is 15.6 Å². The van der Waals surface area contributed by atoms with Crippen LogP contribution < -0.4 is 5.32 Å².